The van der Waals surface area contributed by atoms with E-state index in [2.05, 4.69) is 0 Å². The van der Waals surface area contributed by atoms with Gasteiger partial charge in [-0.1, -0.05) is 0 Å². The van der Waals surface area contributed by atoms with Crippen molar-refractivity contribution in [3.63, 3.8) is 0 Å². The summed E-state index contributed by atoms with van der Waals surface area (Å²) in [4.78, 5) is 0. The SMILES string of the molecule is [SiH3][SiH](P([SiH3])[SiH3])P([SiH3])[SiH3]. The van der Waals surface area contributed by atoms with Crippen LogP contribution >= 0.6 is 13.1 Å². The summed E-state index contributed by atoms with van der Waals surface area (Å²) in [7, 11) is 8.40. The predicted octanol–water partition coefficient (Wildman–Crippen LogP) is -4.85. The van der Waals surface area contributed by atoms with Crippen LogP contribution in [0.5, 0.6) is 0 Å². The fraction of sp³-hybridized carbons (Fsp3) is 0. The van der Waals surface area contributed by atoms with Gasteiger partial charge in [0.15, 0.2) is 0 Å². The van der Waals surface area contributed by atoms with Crippen molar-refractivity contribution in [3.8, 4) is 0 Å². The lowest BCUT2D eigenvalue weighted by molar-refractivity contribution is 4.03. The molecule has 0 aromatic rings. The van der Waals surface area contributed by atoms with Gasteiger partial charge in [0.25, 0.3) is 0 Å². The summed E-state index contributed by atoms with van der Waals surface area (Å²) >= 11 is 0. The van der Waals surface area contributed by atoms with E-state index in [9.17, 15) is 0 Å². The molecule has 0 rings (SSSR count). The second-order valence-corrected chi connectivity index (χ2v) is 69.1. The Bertz CT molecular complexity index is 51.5. The molecule has 0 fully saturated rings. The minimum atomic E-state index is 0.167. The van der Waals surface area contributed by atoms with Crippen LogP contribution in [0.4, 0.5) is 0 Å². The molecule has 0 saturated carbocycles. The zero-order valence-electron chi connectivity index (χ0n) is 6.47. The first kappa shape index (κ1) is 10.2. The Morgan fingerprint density at radius 1 is 0.875 bits per heavy atom. The second kappa shape index (κ2) is 4.90. The van der Waals surface area contributed by atoms with Gasteiger partial charge in [-0.25, -0.2) is 0 Å². The van der Waals surface area contributed by atoms with E-state index in [1.165, 1.54) is 0 Å². The van der Waals surface area contributed by atoms with Crippen molar-refractivity contribution in [1.29, 1.82) is 0 Å². The molecule has 0 saturated heterocycles. The molecule has 0 aromatic carbocycles. The molecule has 0 amide bonds. The molecule has 0 aromatic heterocycles. The van der Waals surface area contributed by atoms with E-state index >= 15 is 0 Å². The zero-order chi connectivity index (χ0) is 6.73. The molecule has 0 unspecified atom stereocenters. The van der Waals surface area contributed by atoms with Crippen molar-refractivity contribution >= 4 is 70.2 Å². The summed E-state index contributed by atoms with van der Waals surface area (Å²) in [6, 6.07) is 0. The van der Waals surface area contributed by atoms with Crippen molar-refractivity contribution in [1.82, 2.24) is 0 Å². The topological polar surface area (TPSA) is 0 Å². The molecule has 0 N–H and O–H groups in total. The Kier molecular flexibility index (Phi) is 6.22. The first-order valence-electron chi connectivity index (χ1n) is 2.88. The van der Waals surface area contributed by atoms with E-state index in [1.807, 2.05) is 0 Å². The molecule has 0 aliphatic rings. The Hall–Kier alpha value is 2.16. The van der Waals surface area contributed by atoms with E-state index in [0.29, 0.717) is 0 Å². The van der Waals surface area contributed by atoms with Gasteiger partial charge < -0.3 is 0 Å². The van der Waals surface area contributed by atoms with Crippen molar-refractivity contribution < 1.29 is 0 Å². The molecular weight excluding hydrogens is 230 g/mol. The third-order valence-electron chi connectivity index (χ3n) is 1.49. The van der Waals surface area contributed by atoms with Gasteiger partial charge in [0.05, 0.1) is 7.65 Å². The molecule has 0 radical (unpaired) electrons. The fourth-order valence-corrected chi connectivity index (χ4v) is 112. The van der Waals surface area contributed by atoms with Gasteiger partial charge in [-0.05, 0) is 0 Å². The van der Waals surface area contributed by atoms with Crippen LogP contribution in [0.3, 0.4) is 0 Å². The maximum atomic E-state index is 1.69. The molecule has 0 nitrogen and oxygen atoms in total. The summed E-state index contributed by atoms with van der Waals surface area (Å²) in [5.41, 5.74) is 0. The highest BCUT2D eigenvalue weighted by molar-refractivity contribution is 8.50. The van der Waals surface area contributed by atoms with E-state index in [1.54, 1.807) is 49.4 Å². The van der Waals surface area contributed by atoms with Crippen molar-refractivity contribution in [2.75, 3.05) is 0 Å². The van der Waals surface area contributed by atoms with Crippen LogP contribution in [0.1, 0.15) is 0 Å². The smallest absolute Gasteiger partial charge is 0.0549 e. The molecule has 0 bridgehead atoms. The molecule has 8 heteroatoms. The van der Waals surface area contributed by atoms with Crippen LogP contribution in [0.2, 0.25) is 0 Å². The zero-order valence-corrected chi connectivity index (χ0v) is 19.4. The summed E-state index contributed by atoms with van der Waals surface area (Å²) in [6.45, 7) is 1.75. The highest BCUT2D eigenvalue weighted by atomic mass is 32.0. The quantitative estimate of drug-likeness (QED) is 0.339. The summed E-state index contributed by atoms with van der Waals surface area (Å²) < 4.78 is 0. The van der Waals surface area contributed by atoms with Gasteiger partial charge in [0.2, 0.25) is 0 Å². The molecule has 0 atom stereocenters. The first-order chi connectivity index (χ1) is 3.55. The maximum Gasteiger partial charge on any atom is 0.0549 e. The average molecular weight is 247 g/mol. The number of hydrogen-bond donors (Lipinski definition) is 0. The lowest BCUT2D eigenvalue weighted by atomic mass is 26.7. The molecular formula is H16P2Si6. The number of rotatable bonds is 2. The molecule has 0 aliphatic heterocycles. The van der Waals surface area contributed by atoms with Gasteiger partial charge in [-0.15, -0.1) is 0 Å². The van der Waals surface area contributed by atoms with Crippen molar-refractivity contribution in [3.05, 3.63) is 0 Å². The molecule has 0 aliphatic carbocycles. The Morgan fingerprint density at radius 3 is 1.12 bits per heavy atom. The van der Waals surface area contributed by atoms with Crippen LogP contribution in [-0.2, 0) is 0 Å². The lowest BCUT2D eigenvalue weighted by Crippen LogP contribution is -2.09. The maximum absolute atomic E-state index is 1.69. The summed E-state index contributed by atoms with van der Waals surface area (Å²) in [5, 5.41) is 0. The highest BCUT2D eigenvalue weighted by Crippen LogP contribution is 2.41. The number of hydrogen-bond acceptors (Lipinski definition) is 0. The predicted molar refractivity (Wildman–Crippen MR) is 70.7 cm³/mol. The van der Waals surface area contributed by atoms with E-state index < -0.39 is 0 Å². The van der Waals surface area contributed by atoms with Gasteiger partial charge in [-0.3, -0.25) is 0 Å². The molecule has 50 valence electrons. The van der Waals surface area contributed by atoms with E-state index in [0.717, 1.165) is 13.1 Å². The normalized spacial score (nSPS) is 24.0. The Morgan fingerprint density at radius 2 is 1.12 bits per heavy atom. The Labute approximate surface area is 70.1 Å². The van der Waals surface area contributed by atoms with Crippen molar-refractivity contribution in [2.45, 2.75) is 0 Å². The van der Waals surface area contributed by atoms with Crippen LogP contribution in [0.15, 0.2) is 0 Å². The molecule has 8 heavy (non-hydrogen) atoms. The second-order valence-electron chi connectivity index (χ2n) is 2.56. The minimum Gasteiger partial charge on any atom is -0.161 e. The van der Waals surface area contributed by atoms with Gasteiger partial charge in [0.1, 0.15) is 0 Å². The average Bonchev–Trinajstić information content (AvgIpc) is 1.64. The van der Waals surface area contributed by atoms with Crippen LogP contribution < -0.4 is 0 Å². The van der Waals surface area contributed by atoms with Gasteiger partial charge >= 0.3 is 0 Å². The first-order valence-corrected chi connectivity index (χ1v) is 25.9. The molecule has 0 spiro atoms. The largest absolute Gasteiger partial charge is 0.161 e. The van der Waals surface area contributed by atoms with Gasteiger partial charge in [-0.2, -0.15) is 13.1 Å². The fourth-order valence-electron chi connectivity index (χ4n) is 0.462. The highest BCUT2D eigenvalue weighted by Gasteiger charge is 2.09. The van der Waals surface area contributed by atoms with Crippen LogP contribution in [-0.4, -0.2) is 57.0 Å². The Balaban J connectivity index is 3.46. The third-order valence-corrected chi connectivity index (χ3v) is 121. The van der Waals surface area contributed by atoms with Crippen molar-refractivity contribution in [2.24, 2.45) is 0 Å². The summed E-state index contributed by atoms with van der Waals surface area (Å²) in [6.07, 6.45) is 0. The van der Waals surface area contributed by atoms with E-state index in [4.69, 9.17) is 0 Å². The van der Waals surface area contributed by atoms with Crippen LogP contribution in [0.25, 0.3) is 0 Å². The monoisotopic (exact) mass is 246 g/mol. The molecule has 0 heterocycles. The third kappa shape index (κ3) is 4.05. The minimum absolute atomic E-state index is 0.167. The standard InChI is InChI=1S/H16P2Si6/c3-1(4)8(7)2(5)6/h8H,3-7H3. The summed E-state index contributed by atoms with van der Waals surface area (Å²) in [5.74, 6) is 0. The lowest BCUT2D eigenvalue weighted by Gasteiger charge is -2.19. The van der Waals surface area contributed by atoms with Crippen LogP contribution in [0, 0.1) is 0 Å². The van der Waals surface area contributed by atoms with E-state index in [-0.39, 0.29) is 7.65 Å². The van der Waals surface area contributed by atoms with Gasteiger partial charge in [0, 0.05) is 49.4 Å².